The molecule has 2 atom stereocenters. The van der Waals surface area contributed by atoms with Gasteiger partial charge in [-0.25, -0.2) is 0 Å². The SMILES string of the molecule is COC1CC(N2CCC(C(=O)O)C2C)C1. The van der Waals surface area contributed by atoms with Crippen molar-refractivity contribution in [1.29, 1.82) is 0 Å². The molecule has 1 saturated carbocycles. The minimum absolute atomic E-state index is 0.174. The number of likely N-dealkylation sites (tertiary alicyclic amines) is 1. The van der Waals surface area contributed by atoms with Gasteiger partial charge in [0, 0.05) is 19.2 Å². The third kappa shape index (κ3) is 1.88. The zero-order valence-corrected chi connectivity index (χ0v) is 9.35. The summed E-state index contributed by atoms with van der Waals surface area (Å²) in [4.78, 5) is 13.3. The molecule has 0 amide bonds. The van der Waals surface area contributed by atoms with Crippen molar-refractivity contribution in [2.45, 2.75) is 44.4 Å². The third-order valence-corrected chi connectivity index (χ3v) is 3.99. The molecule has 0 aromatic rings. The molecule has 2 rings (SSSR count). The van der Waals surface area contributed by atoms with Crippen LogP contribution in [0.2, 0.25) is 0 Å². The Morgan fingerprint density at radius 3 is 2.60 bits per heavy atom. The smallest absolute Gasteiger partial charge is 0.308 e. The Morgan fingerprint density at radius 1 is 1.47 bits per heavy atom. The largest absolute Gasteiger partial charge is 0.481 e. The quantitative estimate of drug-likeness (QED) is 0.758. The maximum atomic E-state index is 11.0. The molecule has 0 aromatic heterocycles. The lowest BCUT2D eigenvalue weighted by atomic mass is 9.87. The Bertz CT molecular complexity index is 250. The van der Waals surface area contributed by atoms with E-state index in [1.54, 1.807) is 7.11 Å². The molecule has 15 heavy (non-hydrogen) atoms. The fourth-order valence-electron chi connectivity index (χ4n) is 2.81. The van der Waals surface area contributed by atoms with Crippen LogP contribution in [0, 0.1) is 5.92 Å². The standard InChI is InChI=1S/C11H19NO3/c1-7-10(11(13)14)3-4-12(7)8-5-9(6-8)15-2/h7-10H,3-6H2,1-2H3,(H,13,14). The number of hydrogen-bond acceptors (Lipinski definition) is 3. The highest BCUT2D eigenvalue weighted by Crippen LogP contribution is 2.35. The molecule has 1 N–H and O–H groups in total. The van der Waals surface area contributed by atoms with E-state index >= 15 is 0 Å². The highest BCUT2D eigenvalue weighted by Gasteiger charge is 2.43. The van der Waals surface area contributed by atoms with Gasteiger partial charge in [0.15, 0.2) is 0 Å². The van der Waals surface area contributed by atoms with Crippen molar-refractivity contribution in [3.8, 4) is 0 Å². The van der Waals surface area contributed by atoms with E-state index < -0.39 is 5.97 Å². The van der Waals surface area contributed by atoms with Crippen molar-refractivity contribution < 1.29 is 14.6 Å². The summed E-state index contributed by atoms with van der Waals surface area (Å²) in [6.07, 6.45) is 3.32. The lowest BCUT2D eigenvalue weighted by molar-refractivity contribution is -0.142. The lowest BCUT2D eigenvalue weighted by Gasteiger charge is -2.42. The zero-order chi connectivity index (χ0) is 11.0. The molecule has 2 aliphatic rings. The Labute approximate surface area is 90.2 Å². The van der Waals surface area contributed by atoms with E-state index in [2.05, 4.69) is 4.90 Å². The van der Waals surface area contributed by atoms with Crippen molar-refractivity contribution >= 4 is 5.97 Å². The molecule has 0 bridgehead atoms. The number of methoxy groups -OCH3 is 1. The minimum atomic E-state index is -0.646. The Balaban J connectivity index is 1.88. The highest BCUT2D eigenvalue weighted by molar-refractivity contribution is 5.71. The van der Waals surface area contributed by atoms with Crippen molar-refractivity contribution in [3.63, 3.8) is 0 Å². The van der Waals surface area contributed by atoms with Gasteiger partial charge in [-0.3, -0.25) is 9.69 Å². The van der Waals surface area contributed by atoms with Gasteiger partial charge in [0.1, 0.15) is 0 Å². The van der Waals surface area contributed by atoms with Gasteiger partial charge >= 0.3 is 5.97 Å². The molecule has 86 valence electrons. The van der Waals surface area contributed by atoms with E-state index in [1.165, 1.54) is 0 Å². The average molecular weight is 213 g/mol. The van der Waals surface area contributed by atoms with Gasteiger partial charge in [-0.2, -0.15) is 0 Å². The fourth-order valence-corrected chi connectivity index (χ4v) is 2.81. The first kappa shape index (κ1) is 10.9. The second-order valence-electron chi connectivity index (χ2n) is 4.69. The molecule has 1 saturated heterocycles. The van der Waals surface area contributed by atoms with Gasteiger partial charge in [-0.15, -0.1) is 0 Å². The van der Waals surface area contributed by atoms with Crippen LogP contribution in [-0.4, -0.2) is 47.8 Å². The predicted octanol–water partition coefficient (Wildman–Crippen LogP) is 0.959. The normalized spacial score (nSPS) is 41.5. The lowest BCUT2D eigenvalue weighted by Crippen LogP contribution is -2.50. The van der Waals surface area contributed by atoms with Gasteiger partial charge in [0.05, 0.1) is 12.0 Å². The summed E-state index contributed by atoms with van der Waals surface area (Å²) < 4.78 is 5.24. The van der Waals surface area contributed by atoms with Gasteiger partial charge in [0.2, 0.25) is 0 Å². The molecule has 4 heteroatoms. The van der Waals surface area contributed by atoms with Crippen LogP contribution in [0.4, 0.5) is 0 Å². The van der Waals surface area contributed by atoms with Crippen molar-refractivity contribution in [3.05, 3.63) is 0 Å². The maximum Gasteiger partial charge on any atom is 0.308 e. The minimum Gasteiger partial charge on any atom is -0.481 e. The number of ether oxygens (including phenoxy) is 1. The number of hydrogen-bond donors (Lipinski definition) is 1. The monoisotopic (exact) mass is 213 g/mol. The Kier molecular flexibility index (Phi) is 2.98. The second-order valence-corrected chi connectivity index (χ2v) is 4.69. The average Bonchev–Trinajstić information content (AvgIpc) is 2.46. The molecule has 0 radical (unpaired) electrons. The number of nitrogens with zero attached hydrogens (tertiary/aromatic N) is 1. The van der Waals surface area contributed by atoms with E-state index in [0.717, 1.165) is 25.8 Å². The van der Waals surface area contributed by atoms with Crippen LogP contribution in [0.15, 0.2) is 0 Å². The van der Waals surface area contributed by atoms with Crippen LogP contribution in [0.3, 0.4) is 0 Å². The molecule has 0 spiro atoms. The number of aliphatic carboxylic acids is 1. The molecule has 2 fully saturated rings. The fraction of sp³-hybridized carbons (Fsp3) is 0.909. The number of carboxylic acid groups (broad SMARTS) is 1. The first-order valence-electron chi connectivity index (χ1n) is 5.64. The Morgan fingerprint density at radius 2 is 2.13 bits per heavy atom. The van der Waals surface area contributed by atoms with Crippen molar-refractivity contribution in [1.82, 2.24) is 4.90 Å². The number of carbonyl (C=O) groups is 1. The van der Waals surface area contributed by atoms with Gasteiger partial charge in [-0.05, 0) is 32.7 Å². The van der Waals surface area contributed by atoms with Crippen LogP contribution in [0.25, 0.3) is 0 Å². The van der Waals surface area contributed by atoms with E-state index in [4.69, 9.17) is 9.84 Å². The molecule has 0 aromatic carbocycles. The first-order valence-corrected chi connectivity index (χ1v) is 5.64. The van der Waals surface area contributed by atoms with E-state index in [1.807, 2.05) is 6.92 Å². The summed E-state index contributed by atoms with van der Waals surface area (Å²) in [6.45, 7) is 2.96. The van der Waals surface area contributed by atoms with Crippen molar-refractivity contribution in [2.24, 2.45) is 5.92 Å². The highest BCUT2D eigenvalue weighted by atomic mass is 16.5. The maximum absolute atomic E-state index is 11.0. The molecule has 4 nitrogen and oxygen atoms in total. The van der Waals surface area contributed by atoms with Crippen LogP contribution >= 0.6 is 0 Å². The van der Waals surface area contributed by atoms with Crippen LogP contribution in [0.1, 0.15) is 26.2 Å². The predicted molar refractivity (Wildman–Crippen MR) is 55.7 cm³/mol. The molecule has 1 heterocycles. The summed E-state index contributed by atoms with van der Waals surface area (Å²) in [5, 5.41) is 9.02. The first-order chi connectivity index (χ1) is 7.13. The zero-order valence-electron chi connectivity index (χ0n) is 9.35. The van der Waals surface area contributed by atoms with Crippen LogP contribution in [0.5, 0.6) is 0 Å². The van der Waals surface area contributed by atoms with Gasteiger partial charge in [-0.1, -0.05) is 0 Å². The summed E-state index contributed by atoms with van der Waals surface area (Å²) in [6, 6.07) is 0.736. The molecule has 1 aliphatic carbocycles. The number of rotatable bonds is 3. The number of carboxylic acids is 1. The topological polar surface area (TPSA) is 49.8 Å². The summed E-state index contributed by atoms with van der Waals surface area (Å²) in [7, 11) is 1.74. The van der Waals surface area contributed by atoms with Gasteiger partial charge < -0.3 is 9.84 Å². The Hall–Kier alpha value is -0.610. The van der Waals surface area contributed by atoms with Gasteiger partial charge in [0.25, 0.3) is 0 Å². The molecule has 2 unspecified atom stereocenters. The van der Waals surface area contributed by atoms with Crippen LogP contribution in [-0.2, 0) is 9.53 Å². The summed E-state index contributed by atoms with van der Waals surface area (Å²) in [5.74, 6) is -0.820. The second kappa shape index (κ2) is 4.10. The van der Waals surface area contributed by atoms with E-state index in [9.17, 15) is 4.79 Å². The summed E-state index contributed by atoms with van der Waals surface area (Å²) in [5.41, 5.74) is 0. The summed E-state index contributed by atoms with van der Waals surface area (Å²) >= 11 is 0. The molecule has 1 aliphatic heterocycles. The van der Waals surface area contributed by atoms with E-state index in [-0.39, 0.29) is 12.0 Å². The van der Waals surface area contributed by atoms with Crippen molar-refractivity contribution in [2.75, 3.05) is 13.7 Å². The molecular weight excluding hydrogens is 194 g/mol. The third-order valence-electron chi connectivity index (χ3n) is 3.99. The van der Waals surface area contributed by atoms with E-state index in [0.29, 0.717) is 12.1 Å². The van der Waals surface area contributed by atoms with Crippen LogP contribution < -0.4 is 0 Å². The molecular formula is C11H19NO3.